The molecule has 0 fully saturated rings. The van der Waals surface area contributed by atoms with Crippen molar-refractivity contribution in [3.63, 3.8) is 0 Å². The van der Waals surface area contributed by atoms with Crippen LogP contribution in [0.1, 0.15) is 20.8 Å². The van der Waals surface area contributed by atoms with Crippen molar-refractivity contribution in [2.24, 2.45) is 0 Å². The molecule has 0 aliphatic carbocycles. The van der Waals surface area contributed by atoms with Crippen molar-refractivity contribution in [3.05, 3.63) is 12.2 Å². The van der Waals surface area contributed by atoms with E-state index in [0.29, 0.717) is 0 Å². The van der Waals surface area contributed by atoms with Gasteiger partial charge in [0, 0.05) is 6.92 Å². The fourth-order valence-corrected chi connectivity index (χ4v) is 1.21. The molecular weight excluding hydrogens is 156 g/mol. The van der Waals surface area contributed by atoms with Crippen LogP contribution in [0.4, 0.5) is 0 Å². The highest BCUT2D eigenvalue weighted by atomic mass is 16.6. The Bertz CT molecular complexity index is 198. The number of carbonyl (C=O) groups is 1. The molecule has 0 bridgehead atoms. The van der Waals surface area contributed by atoms with E-state index >= 15 is 0 Å². The Kier molecular flexibility index (Phi) is 2.87. The molecule has 0 aromatic heterocycles. The van der Waals surface area contributed by atoms with Gasteiger partial charge in [0.1, 0.15) is 6.10 Å². The molecule has 3 atom stereocenters. The van der Waals surface area contributed by atoms with Gasteiger partial charge in [-0.1, -0.05) is 6.08 Å². The number of hydrogen-bond acceptors (Lipinski definition) is 3. The van der Waals surface area contributed by atoms with Crippen LogP contribution in [0.5, 0.6) is 0 Å². The first kappa shape index (κ1) is 9.26. The molecule has 1 aliphatic rings. The number of hydrogen-bond donors (Lipinski definition) is 0. The zero-order chi connectivity index (χ0) is 9.14. The predicted molar refractivity (Wildman–Crippen MR) is 44.7 cm³/mol. The van der Waals surface area contributed by atoms with Gasteiger partial charge in [-0.05, 0) is 19.9 Å². The third kappa shape index (κ3) is 2.34. The average Bonchev–Trinajstić information content (AvgIpc) is 1.94. The lowest BCUT2D eigenvalue weighted by molar-refractivity contribution is -0.152. The maximum atomic E-state index is 10.6. The molecule has 0 spiro atoms. The molecule has 0 amide bonds. The van der Waals surface area contributed by atoms with Gasteiger partial charge in [-0.2, -0.15) is 0 Å². The lowest BCUT2D eigenvalue weighted by Crippen LogP contribution is -2.34. The van der Waals surface area contributed by atoms with Gasteiger partial charge in [-0.15, -0.1) is 0 Å². The summed E-state index contributed by atoms with van der Waals surface area (Å²) in [5, 5.41) is 0. The number of carbonyl (C=O) groups excluding carboxylic acids is 1. The first-order valence-corrected chi connectivity index (χ1v) is 4.10. The summed E-state index contributed by atoms with van der Waals surface area (Å²) >= 11 is 0. The second-order valence-electron chi connectivity index (χ2n) is 3.01. The van der Waals surface area contributed by atoms with Crippen LogP contribution in [-0.2, 0) is 14.3 Å². The molecule has 1 heterocycles. The quantitative estimate of drug-likeness (QED) is 0.439. The zero-order valence-electron chi connectivity index (χ0n) is 7.61. The molecule has 0 radical (unpaired) electrons. The highest BCUT2D eigenvalue weighted by Crippen LogP contribution is 2.14. The Morgan fingerprint density at radius 3 is 2.58 bits per heavy atom. The van der Waals surface area contributed by atoms with E-state index in [1.54, 1.807) is 0 Å². The van der Waals surface area contributed by atoms with Crippen LogP contribution >= 0.6 is 0 Å². The number of ether oxygens (including phenoxy) is 2. The van der Waals surface area contributed by atoms with Gasteiger partial charge >= 0.3 is 5.97 Å². The first-order valence-electron chi connectivity index (χ1n) is 4.10. The van der Waals surface area contributed by atoms with Crippen LogP contribution in [0, 0.1) is 0 Å². The van der Waals surface area contributed by atoms with Gasteiger partial charge in [0.25, 0.3) is 0 Å². The van der Waals surface area contributed by atoms with Gasteiger partial charge in [0.05, 0.1) is 12.2 Å². The summed E-state index contributed by atoms with van der Waals surface area (Å²) in [6.45, 7) is 5.25. The zero-order valence-corrected chi connectivity index (χ0v) is 7.61. The topological polar surface area (TPSA) is 35.5 Å². The number of esters is 1. The van der Waals surface area contributed by atoms with Crippen molar-refractivity contribution in [2.75, 3.05) is 0 Å². The smallest absolute Gasteiger partial charge is 0.303 e. The summed E-state index contributed by atoms with van der Waals surface area (Å²) in [4.78, 5) is 10.6. The summed E-state index contributed by atoms with van der Waals surface area (Å²) in [6, 6.07) is 0. The van der Waals surface area contributed by atoms with Crippen LogP contribution in [0.3, 0.4) is 0 Å². The third-order valence-corrected chi connectivity index (χ3v) is 1.77. The van der Waals surface area contributed by atoms with Gasteiger partial charge in [-0.3, -0.25) is 4.79 Å². The highest BCUT2D eigenvalue weighted by Gasteiger charge is 2.23. The molecule has 1 aliphatic heterocycles. The van der Waals surface area contributed by atoms with Gasteiger partial charge in [-0.25, -0.2) is 0 Å². The van der Waals surface area contributed by atoms with Crippen molar-refractivity contribution in [3.8, 4) is 0 Å². The monoisotopic (exact) mass is 170 g/mol. The van der Waals surface area contributed by atoms with Gasteiger partial charge in [0.15, 0.2) is 0 Å². The fraction of sp³-hybridized carbons (Fsp3) is 0.667. The second-order valence-corrected chi connectivity index (χ2v) is 3.01. The van der Waals surface area contributed by atoms with Crippen LogP contribution < -0.4 is 0 Å². The highest BCUT2D eigenvalue weighted by molar-refractivity contribution is 5.66. The van der Waals surface area contributed by atoms with Crippen molar-refractivity contribution >= 4 is 5.97 Å². The minimum Gasteiger partial charge on any atom is -0.456 e. The van der Waals surface area contributed by atoms with Crippen LogP contribution in [0.25, 0.3) is 0 Å². The molecule has 0 saturated heterocycles. The van der Waals surface area contributed by atoms with Crippen LogP contribution in [-0.4, -0.2) is 24.3 Å². The maximum absolute atomic E-state index is 10.6. The van der Waals surface area contributed by atoms with E-state index in [0.717, 1.165) is 0 Å². The van der Waals surface area contributed by atoms with Gasteiger partial charge in [0.2, 0.25) is 0 Å². The molecule has 0 aromatic rings. The molecule has 0 aromatic carbocycles. The molecule has 3 heteroatoms. The van der Waals surface area contributed by atoms with Crippen molar-refractivity contribution in [1.82, 2.24) is 0 Å². The molecule has 68 valence electrons. The normalized spacial score (nSPS) is 34.8. The molecular formula is C9H14O3. The molecule has 0 N–H and O–H groups in total. The average molecular weight is 170 g/mol. The number of rotatable bonds is 1. The Morgan fingerprint density at radius 2 is 2.08 bits per heavy atom. The standard InChI is InChI=1S/C9H14O3/c1-6-4-5-9(7(2)11-6)12-8(3)10/h4-7,9H,1-3H3/t6-,7-,9+/m1/s1. The Morgan fingerprint density at radius 1 is 1.42 bits per heavy atom. The van der Waals surface area contributed by atoms with Crippen LogP contribution in [0.2, 0.25) is 0 Å². The minimum absolute atomic E-state index is 0.0473. The van der Waals surface area contributed by atoms with Crippen LogP contribution in [0.15, 0.2) is 12.2 Å². The van der Waals surface area contributed by atoms with Crippen molar-refractivity contribution in [2.45, 2.75) is 39.1 Å². The molecule has 0 saturated carbocycles. The van der Waals surface area contributed by atoms with E-state index in [2.05, 4.69) is 0 Å². The lowest BCUT2D eigenvalue weighted by Gasteiger charge is -2.27. The molecule has 1 rings (SSSR count). The van der Waals surface area contributed by atoms with E-state index < -0.39 is 0 Å². The predicted octanol–water partition coefficient (Wildman–Crippen LogP) is 1.28. The summed E-state index contributed by atoms with van der Waals surface area (Å²) < 4.78 is 10.4. The van der Waals surface area contributed by atoms with E-state index in [1.807, 2.05) is 26.0 Å². The minimum atomic E-state index is -0.269. The Balaban J connectivity index is 2.54. The summed E-state index contributed by atoms with van der Waals surface area (Å²) in [5.74, 6) is -0.269. The molecule has 0 unspecified atom stereocenters. The Hall–Kier alpha value is -0.830. The van der Waals surface area contributed by atoms with E-state index in [-0.39, 0.29) is 24.3 Å². The third-order valence-electron chi connectivity index (χ3n) is 1.77. The van der Waals surface area contributed by atoms with E-state index in [4.69, 9.17) is 9.47 Å². The summed E-state index contributed by atoms with van der Waals surface area (Å²) in [5.41, 5.74) is 0. The van der Waals surface area contributed by atoms with E-state index in [1.165, 1.54) is 6.92 Å². The van der Waals surface area contributed by atoms with Crippen molar-refractivity contribution < 1.29 is 14.3 Å². The molecule has 3 nitrogen and oxygen atoms in total. The second kappa shape index (κ2) is 3.72. The van der Waals surface area contributed by atoms with E-state index in [9.17, 15) is 4.79 Å². The SMILES string of the molecule is CC(=O)O[C@H]1C=C[C@@H](C)O[C@@H]1C. The summed E-state index contributed by atoms with van der Waals surface area (Å²) in [7, 11) is 0. The van der Waals surface area contributed by atoms with Gasteiger partial charge < -0.3 is 9.47 Å². The summed E-state index contributed by atoms with van der Waals surface area (Å²) in [6.07, 6.45) is 3.62. The fourth-order valence-electron chi connectivity index (χ4n) is 1.21. The Labute approximate surface area is 72.4 Å². The maximum Gasteiger partial charge on any atom is 0.303 e. The molecule has 12 heavy (non-hydrogen) atoms. The largest absolute Gasteiger partial charge is 0.456 e. The van der Waals surface area contributed by atoms with Crippen molar-refractivity contribution in [1.29, 1.82) is 0 Å². The lowest BCUT2D eigenvalue weighted by atomic mass is 10.1. The first-order chi connectivity index (χ1) is 5.59.